The summed E-state index contributed by atoms with van der Waals surface area (Å²) >= 11 is 0. The minimum absolute atomic E-state index is 0.0899. The molecule has 1 aromatic heterocycles. The van der Waals surface area contributed by atoms with Gasteiger partial charge in [-0.1, -0.05) is 6.07 Å². The Morgan fingerprint density at radius 1 is 1.27 bits per heavy atom. The van der Waals surface area contributed by atoms with E-state index in [1.54, 1.807) is 24.5 Å². The molecule has 1 aliphatic heterocycles. The number of nitrogens with zero attached hydrogens (tertiary/aromatic N) is 4. The van der Waals surface area contributed by atoms with Crippen molar-refractivity contribution in [2.24, 2.45) is 5.10 Å². The zero-order valence-corrected chi connectivity index (χ0v) is 14.6. The molecule has 9 nitrogen and oxygen atoms in total. The zero-order chi connectivity index (χ0) is 18.6. The molecule has 0 atom stereocenters. The average molecular weight is 375 g/mol. The highest BCUT2D eigenvalue weighted by molar-refractivity contribution is 7.89. The molecule has 1 aromatic carbocycles. The van der Waals surface area contributed by atoms with Crippen LogP contribution >= 0.6 is 0 Å². The van der Waals surface area contributed by atoms with Crippen molar-refractivity contribution in [1.29, 1.82) is 0 Å². The number of nitro benzene ring substituents is 1. The Morgan fingerprint density at radius 2 is 2.04 bits per heavy atom. The van der Waals surface area contributed by atoms with E-state index in [0.717, 1.165) is 24.5 Å². The lowest BCUT2D eigenvalue weighted by atomic mass is 10.3. The number of hydrogen-bond acceptors (Lipinski definition) is 7. The summed E-state index contributed by atoms with van der Waals surface area (Å²) < 4.78 is 26.5. The summed E-state index contributed by atoms with van der Waals surface area (Å²) in [7, 11) is -3.72. The number of sulfonamides is 1. The second-order valence-electron chi connectivity index (χ2n) is 5.70. The molecule has 0 saturated carbocycles. The van der Waals surface area contributed by atoms with E-state index in [9.17, 15) is 18.5 Å². The minimum Gasteiger partial charge on any atom is -0.272 e. The Balaban J connectivity index is 1.85. The van der Waals surface area contributed by atoms with Crippen molar-refractivity contribution in [3.8, 4) is 0 Å². The summed E-state index contributed by atoms with van der Waals surface area (Å²) in [6.45, 7) is 0.872. The van der Waals surface area contributed by atoms with Crippen LogP contribution in [-0.4, -0.2) is 41.9 Å². The number of nitrogens with one attached hydrogen (secondary N) is 1. The van der Waals surface area contributed by atoms with Gasteiger partial charge < -0.3 is 0 Å². The number of anilines is 1. The monoisotopic (exact) mass is 375 g/mol. The summed E-state index contributed by atoms with van der Waals surface area (Å²) in [5.41, 5.74) is 3.06. The van der Waals surface area contributed by atoms with Crippen LogP contribution in [0.25, 0.3) is 0 Å². The number of hydrogen-bond donors (Lipinski definition) is 1. The smallest absolute Gasteiger partial charge is 0.272 e. The van der Waals surface area contributed by atoms with E-state index in [-0.39, 0.29) is 16.3 Å². The SMILES string of the molecule is O=[N+]([O-])c1cc(S(=O)(=O)N2CCCC2)ccc1NN=Cc1cccnc1. The van der Waals surface area contributed by atoms with Crippen molar-refractivity contribution >= 4 is 27.6 Å². The van der Waals surface area contributed by atoms with Crippen LogP contribution in [0.15, 0.2) is 52.7 Å². The summed E-state index contributed by atoms with van der Waals surface area (Å²) in [5.74, 6) is 0. The van der Waals surface area contributed by atoms with E-state index >= 15 is 0 Å². The van der Waals surface area contributed by atoms with Crippen LogP contribution in [0, 0.1) is 10.1 Å². The van der Waals surface area contributed by atoms with E-state index in [4.69, 9.17) is 0 Å². The predicted molar refractivity (Wildman–Crippen MR) is 96.5 cm³/mol. The molecular formula is C16H17N5O4S. The van der Waals surface area contributed by atoms with Crippen LogP contribution in [0.1, 0.15) is 18.4 Å². The second kappa shape index (κ2) is 7.58. The molecule has 0 spiro atoms. The molecule has 1 saturated heterocycles. The third kappa shape index (κ3) is 3.86. The van der Waals surface area contributed by atoms with Crippen molar-refractivity contribution in [2.75, 3.05) is 18.5 Å². The molecule has 0 unspecified atom stereocenters. The first-order valence-corrected chi connectivity index (χ1v) is 9.40. The van der Waals surface area contributed by atoms with Crippen molar-refractivity contribution in [3.05, 3.63) is 58.4 Å². The maximum Gasteiger partial charge on any atom is 0.295 e. The first kappa shape index (κ1) is 18.0. The molecule has 2 aromatic rings. The number of hydrazone groups is 1. The highest BCUT2D eigenvalue weighted by Crippen LogP contribution is 2.30. The molecule has 3 rings (SSSR count). The van der Waals surface area contributed by atoms with Gasteiger partial charge in [0.1, 0.15) is 5.69 Å². The van der Waals surface area contributed by atoms with Crippen molar-refractivity contribution in [1.82, 2.24) is 9.29 Å². The molecule has 1 N–H and O–H groups in total. The van der Waals surface area contributed by atoms with Gasteiger partial charge in [0.2, 0.25) is 10.0 Å². The van der Waals surface area contributed by atoms with Crippen molar-refractivity contribution < 1.29 is 13.3 Å². The second-order valence-corrected chi connectivity index (χ2v) is 7.64. The molecule has 2 heterocycles. The van der Waals surface area contributed by atoms with Crippen LogP contribution in [-0.2, 0) is 10.0 Å². The number of rotatable bonds is 6. The van der Waals surface area contributed by atoms with Gasteiger partial charge in [-0.2, -0.15) is 9.41 Å². The molecule has 0 radical (unpaired) electrons. The summed E-state index contributed by atoms with van der Waals surface area (Å²) in [6.07, 6.45) is 6.26. The largest absolute Gasteiger partial charge is 0.295 e. The maximum absolute atomic E-state index is 12.6. The molecule has 26 heavy (non-hydrogen) atoms. The molecular weight excluding hydrogens is 358 g/mol. The summed E-state index contributed by atoms with van der Waals surface area (Å²) in [5, 5.41) is 15.3. The van der Waals surface area contributed by atoms with Gasteiger partial charge in [-0.3, -0.25) is 20.5 Å². The van der Waals surface area contributed by atoms with E-state index < -0.39 is 14.9 Å². The number of aromatic nitrogens is 1. The Morgan fingerprint density at radius 3 is 2.69 bits per heavy atom. The summed E-state index contributed by atoms with van der Waals surface area (Å²) in [6, 6.07) is 7.28. The highest BCUT2D eigenvalue weighted by Gasteiger charge is 2.29. The van der Waals surface area contributed by atoms with Crippen LogP contribution in [0.3, 0.4) is 0 Å². The van der Waals surface area contributed by atoms with Gasteiger partial charge in [0, 0.05) is 37.1 Å². The molecule has 0 amide bonds. The van der Waals surface area contributed by atoms with Crippen LogP contribution in [0.4, 0.5) is 11.4 Å². The van der Waals surface area contributed by atoms with Gasteiger partial charge >= 0.3 is 0 Å². The van der Waals surface area contributed by atoms with Gasteiger partial charge in [-0.05, 0) is 31.0 Å². The fraction of sp³-hybridized carbons (Fsp3) is 0.250. The lowest BCUT2D eigenvalue weighted by molar-refractivity contribution is -0.384. The standard InChI is InChI=1S/C16H17N5O4S/c22-21(23)16-10-14(26(24,25)20-8-1-2-9-20)5-6-15(16)19-18-12-13-4-3-7-17-11-13/h3-7,10-12,19H,1-2,8-9H2. The van der Waals surface area contributed by atoms with Crippen LogP contribution in [0.5, 0.6) is 0 Å². The fourth-order valence-corrected chi connectivity index (χ4v) is 4.16. The summed E-state index contributed by atoms with van der Waals surface area (Å²) in [4.78, 5) is 14.6. The van der Waals surface area contributed by atoms with Crippen LogP contribution < -0.4 is 5.43 Å². The van der Waals surface area contributed by atoms with Gasteiger partial charge in [-0.25, -0.2) is 8.42 Å². The first-order chi connectivity index (χ1) is 12.5. The average Bonchev–Trinajstić information content (AvgIpc) is 3.18. The Kier molecular flexibility index (Phi) is 5.24. The number of benzene rings is 1. The Labute approximate surface area is 150 Å². The third-order valence-electron chi connectivity index (χ3n) is 3.95. The van der Waals surface area contributed by atoms with E-state index in [1.807, 2.05) is 0 Å². The maximum atomic E-state index is 12.6. The molecule has 0 bridgehead atoms. The normalized spacial score (nSPS) is 15.4. The number of pyridine rings is 1. The first-order valence-electron chi connectivity index (χ1n) is 7.96. The zero-order valence-electron chi connectivity index (χ0n) is 13.8. The number of nitro groups is 1. The van der Waals surface area contributed by atoms with Gasteiger partial charge in [-0.15, -0.1) is 0 Å². The van der Waals surface area contributed by atoms with E-state index in [1.165, 1.54) is 22.7 Å². The van der Waals surface area contributed by atoms with E-state index in [0.29, 0.717) is 13.1 Å². The molecule has 136 valence electrons. The molecule has 10 heteroatoms. The molecule has 1 fully saturated rings. The predicted octanol–water partition coefficient (Wildman–Crippen LogP) is 2.22. The third-order valence-corrected chi connectivity index (χ3v) is 5.85. The van der Waals surface area contributed by atoms with Gasteiger partial charge in [0.25, 0.3) is 5.69 Å². The minimum atomic E-state index is -3.72. The Hall–Kier alpha value is -2.85. The Bertz CT molecular complexity index is 925. The van der Waals surface area contributed by atoms with Crippen LogP contribution in [0.2, 0.25) is 0 Å². The van der Waals surface area contributed by atoms with Crippen molar-refractivity contribution in [3.63, 3.8) is 0 Å². The quantitative estimate of drug-likeness (QED) is 0.470. The highest BCUT2D eigenvalue weighted by atomic mass is 32.2. The lowest BCUT2D eigenvalue weighted by Gasteiger charge is -2.15. The topological polar surface area (TPSA) is 118 Å². The van der Waals surface area contributed by atoms with Gasteiger partial charge in [0.15, 0.2) is 0 Å². The molecule has 1 aliphatic rings. The van der Waals surface area contributed by atoms with Gasteiger partial charge in [0.05, 0.1) is 16.0 Å². The lowest BCUT2D eigenvalue weighted by Crippen LogP contribution is -2.27. The van der Waals surface area contributed by atoms with E-state index in [2.05, 4.69) is 15.5 Å². The van der Waals surface area contributed by atoms with Crippen molar-refractivity contribution in [2.45, 2.75) is 17.7 Å². The molecule has 0 aliphatic carbocycles. The fourth-order valence-electron chi connectivity index (χ4n) is 2.62.